The molecule has 3 rings (SSSR count). The maximum Gasteiger partial charge on any atom is 0.243 e. The topological polar surface area (TPSA) is 78.5 Å². The summed E-state index contributed by atoms with van der Waals surface area (Å²) >= 11 is 6.04. The molecule has 1 aliphatic rings. The van der Waals surface area contributed by atoms with Crippen molar-refractivity contribution in [1.29, 1.82) is 0 Å². The van der Waals surface area contributed by atoms with E-state index in [1.165, 1.54) is 0 Å². The normalized spacial score (nSPS) is 16.1. The van der Waals surface area contributed by atoms with Crippen molar-refractivity contribution in [2.75, 3.05) is 18.4 Å². The van der Waals surface area contributed by atoms with Crippen LogP contribution in [0.2, 0.25) is 5.02 Å². The Balaban J connectivity index is 1.49. The highest BCUT2D eigenvalue weighted by Crippen LogP contribution is 2.23. The van der Waals surface area contributed by atoms with Crippen LogP contribution in [-0.2, 0) is 20.9 Å². The first kappa shape index (κ1) is 19.9. The lowest BCUT2D eigenvalue weighted by Crippen LogP contribution is -2.37. The summed E-state index contributed by atoms with van der Waals surface area (Å²) in [4.78, 5) is 38.4. The molecule has 28 heavy (non-hydrogen) atoms. The summed E-state index contributed by atoms with van der Waals surface area (Å²) in [6.07, 6.45) is 0.160. The number of carbonyl (C=O) groups is 3. The van der Waals surface area contributed by atoms with Crippen molar-refractivity contribution in [2.45, 2.75) is 19.9 Å². The summed E-state index contributed by atoms with van der Waals surface area (Å²) in [6, 6.07) is 14.9. The number of nitrogens with zero attached hydrogens (tertiary/aromatic N) is 1. The number of amides is 3. The van der Waals surface area contributed by atoms with Gasteiger partial charge in [-0.05, 0) is 30.2 Å². The fraction of sp³-hybridized carbons (Fsp3) is 0.286. The predicted octanol–water partition coefficient (Wildman–Crippen LogP) is 2.75. The van der Waals surface area contributed by atoms with Crippen LogP contribution in [0.1, 0.15) is 17.5 Å². The highest BCUT2D eigenvalue weighted by atomic mass is 35.5. The minimum absolute atomic E-state index is 0.0528. The fourth-order valence-corrected chi connectivity index (χ4v) is 3.33. The number of likely N-dealkylation sites (tertiary alicyclic amines) is 1. The van der Waals surface area contributed by atoms with E-state index < -0.39 is 5.92 Å². The van der Waals surface area contributed by atoms with Gasteiger partial charge >= 0.3 is 0 Å². The number of hydrogen-bond acceptors (Lipinski definition) is 3. The summed E-state index contributed by atoms with van der Waals surface area (Å²) in [5.41, 5.74) is 2.40. The van der Waals surface area contributed by atoms with Gasteiger partial charge in [0.25, 0.3) is 0 Å². The molecular weight excluding hydrogens is 378 g/mol. The number of halogens is 1. The molecule has 6 nitrogen and oxygen atoms in total. The van der Waals surface area contributed by atoms with Crippen LogP contribution >= 0.6 is 11.6 Å². The molecule has 1 fully saturated rings. The van der Waals surface area contributed by atoms with Gasteiger partial charge in [-0.3, -0.25) is 14.4 Å². The quantitative estimate of drug-likeness (QED) is 0.784. The van der Waals surface area contributed by atoms with Gasteiger partial charge < -0.3 is 15.5 Å². The third-order valence-electron chi connectivity index (χ3n) is 4.77. The second kappa shape index (κ2) is 8.89. The zero-order valence-electron chi connectivity index (χ0n) is 15.6. The molecule has 0 aromatic heterocycles. The Hall–Kier alpha value is -2.86. The maximum absolute atomic E-state index is 12.4. The average Bonchev–Trinajstić information content (AvgIpc) is 3.05. The van der Waals surface area contributed by atoms with E-state index in [2.05, 4.69) is 10.6 Å². The number of anilines is 1. The van der Waals surface area contributed by atoms with E-state index >= 15 is 0 Å². The van der Waals surface area contributed by atoms with Crippen molar-refractivity contribution in [3.8, 4) is 0 Å². The number of nitrogens with one attached hydrogen (secondary N) is 2. The third kappa shape index (κ3) is 4.89. The SMILES string of the molecule is Cc1c(Cl)cccc1NC(=O)CNC(=O)C1CC(=O)N(Cc2ccccc2)C1. The highest BCUT2D eigenvalue weighted by Gasteiger charge is 2.34. The van der Waals surface area contributed by atoms with Crippen molar-refractivity contribution in [3.05, 3.63) is 64.7 Å². The van der Waals surface area contributed by atoms with Crippen molar-refractivity contribution < 1.29 is 14.4 Å². The largest absolute Gasteiger partial charge is 0.347 e. The molecule has 2 aromatic rings. The van der Waals surface area contributed by atoms with Gasteiger partial charge in [-0.15, -0.1) is 0 Å². The summed E-state index contributed by atoms with van der Waals surface area (Å²) < 4.78 is 0. The fourth-order valence-electron chi connectivity index (χ4n) is 3.15. The van der Waals surface area contributed by atoms with E-state index in [1.807, 2.05) is 37.3 Å². The molecule has 0 spiro atoms. The van der Waals surface area contributed by atoms with Gasteiger partial charge in [-0.1, -0.05) is 48.0 Å². The minimum atomic E-state index is -0.447. The average molecular weight is 400 g/mol. The van der Waals surface area contributed by atoms with E-state index in [9.17, 15) is 14.4 Å². The van der Waals surface area contributed by atoms with Crippen LogP contribution in [0.4, 0.5) is 5.69 Å². The Morgan fingerprint density at radius 3 is 2.64 bits per heavy atom. The monoisotopic (exact) mass is 399 g/mol. The molecular formula is C21H22ClN3O3. The number of hydrogen-bond donors (Lipinski definition) is 2. The summed E-state index contributed by atoms with van der Waals surface area (Å²) in [5.74, 6) is -1.13. The third-order valence-corrected chi connectivity index (χ3v) is 5.18. The number of benzene rings is 2. The minimum Gasteiger partial charge on any atom is -0.347 e. The summed E-state index contributed by atoms with van der Waals surface area (Å²) in [5, 5.41) is 5.91. The van der Waals surface area contributed by atoms with E-state index in [0.717, 1.165) is 11.1 Å². The number of carbonyl (C=O) groups excluding carboxylic acids is 3. The van der Waals surface area contributed by atoms with E-state index in [0.29, 0.717) is 23.8 Å². The molecule has 1 saturated heterocycles. The van der Waals surface area contributed by atoms with Gasteiger partial charge in [0.2, 0.25) is 17.7 Å². The second-order valence-electron chi connectivity index (χ2n) is 6.84. The molecule has 0 bridgehead atoms. The lowest BCUT2D eigenvalue weighted by molar-refractivity contribution is -0.129. The molecule has 2 N–H and O–H groups in total. The van der Waals surface area contributed by atoms with Crippen LogP contribution in [0.15, 0.2) is 48.5 Å². The molecule has 1 heterocycles. The van der Waals surface area contributed by atoms with Gasteiger partial charge in [0.05, 0.1) is 12.5 Å². The Bertz CT molecular complexity index is 886. The Labute approximate surface area is 168 Å². The lowest BCUT2D eigenvalue weighted by Gasteiger charge is -2.16. The van der Waals surface area contributed by atoms with Crippen molar-refractivity contribution in [3.63, 3.8) is 0 Å². The van der Waals surface area contributed by atoms with Crippen LogP contribution in [-0.4, -0.2) is 35.7 Å². The van der Waals surface area contributed by atoms with Crippen LogP contribution in [0, 0.1) is 12.8 Å². The van der Waals surface area contributed by atoms with Crippen molar-refractivity contribution >= 4 is 35.0 Å². The first-order valence-electron chi connectivity index (χ1n) is 9.08. The number of rotatable bonds is 6. The van der Waals surface area contributed by atoms with Crippen LogP contribution in [0.3, 0.4) is 0 Å². The first-order chi connectivity index (χ1) is 13.4. The lowest BCUT2D eigenvalue weighted by atomic mass is 10.1. The Morgan fingerprint density at radius 1 is 1.14 bits per heavy atom. The zero-order valence-corrected chi connectivity index (χ0v) is 16.3. The van der Waals surface area contributed by atoms with E-state index in [4.69, 9.17) is 11.6 Å². The molecule has 1 unspecified atom stereocenters. The van der Waals surface area contributed by atoms with E-state index in [1.54, 1.807) is 23.1 Å². The van der Waals surface area contributed by atoms with Crippen LogP contribution in [0.5, 0.6) is 0 Å². The zero-order chi connectivity index (χ0) is 20.1. The Kier molecular flexibility index (Phi) is 6.31. The van der Waals surface area contributed by atoms with Crippen molar-refractivity contribution in [1.82, 2.24) is 10.2 Å². The first-order valence-corrected chi connectivity index (χ1v) is 9.46. The van der Waals surface area contributed by atoms with Gasteiger partial charge in [-0.2, -0.15) is 0 Å². The molecule has 7 heteroatoms. The summed E-state index contributed by atoms with van der Waals surface area (Å²) in [6.45, 7) is 2.49. The predicted molar refractivity (Wildman–Crippen MR) is 108 cm³/mol. The van der Waals surface area contributed by atoms with Gasteiger partial charge in [0.15, 0.2) is 0 Å². The molecule has 0 saturated carbocycles. The molecule has 0 aliphatic carbocycles. The van der Waals surface area contributed by atoms with Gasteiger partial charge in [0, 0.05) is 30.2 Å². The smallest absolute Gasteiger partial charge is 0.243 e. The summed E-state index contributed by atoms with van der Waals surface area (Å²) in [7, 11) is 0. The van der Waals surface area contributed by atoms with Crippen LogP contribution < -0.4 is 10.6 Å². The Morgan fingerprint density at radius 2 is 1.89 bits per heavy atom. The van der Waals surface area contributed by atoms with Gasteiger partial charge in [0.1, 0.15) is 0 Å². The highest BCUT2D eigenvalue weighted by molar-refractivity contribution is 6.31. The molecule has 1 atom stereocenters. The molecule has 0 radical (unpaired) electrons. The molecule has 1 aliphatic heterocycles. The van der Waals surface area contributed by atoms with Gasteiger partial charge in [-0.25, -0.2) is 0 Å². The van der Waals surface area contributed by atoms with E-state index in [-0.39, 0.29) is 30.7 Å². The van der Waals surface area contributed by atoms with Crippen LogP contribution in [0.25, 0.3) is 0 Å². The van der Waals surface area contributed by atoms with Crippen molar-refractivity contribution in [2.24, 2.45) is 5.92 Å². The molecule has 2 aromatic carbocycles. The molecule has 3 amide bonds. The standard InChI is InChI=1S/C21H22ClN3O3/c1-14-17(22)8-5-9-18(14)24-19(26)11-23-21(28)16-10-20(27)25(13-16)12-15-6-3-2-4-7-15/h2-9,16H,10-13H2,1H3,(H,23,28)(H,24,26). The second-order valence-corrected chi connectivity index (χ2v) is 7.25. The molecule has 146 valence electrons. The maximum atomic E-state index is 12.4.